The molecule has 0 radical (unpaired) electrons. The Labute approximate surface area is 163 Å². The number of rotatable bonds is 5. The Bertz CT molecular complexity index is 802. The first-order chi connectivity index (χ1) is 13.6. The van der Waals surface area contributed by atoms with E-state index in [4.69, 9.17) is 4.74 Å². The minimum absolute atomic E-state index is 0.0135. The van der Waals surface area contributed by atoms with Crippen LogP contribution in [0.25, 0.3) is 10.9 Å². The van der Waals surface area contributed by atoms with Crippen LogP contribution in [0, 0.1) is 5.92 Å². The molecule has 28 heavy (non-hydrogen) atoms. The third-order valence-corrected chi connectivity index (χ3v) is 5.97. The molecule has 152 valence electrons. The number of likely N-dealkylation sites (tertiary alicyclic amines) is 1. The van der Waals surface area contributed by atoms with Crippen molar-refractivity contribution in [1.82, 2.24) is 14.8 Å². The first-order valence-corrected chi connectivity index (χ1v) is 10.1. The molecule has 1 aromatic carbocycles. The van der Waals surface area contributed by atoms with Crippen LogP contribution in [-0.2, 0) is 16.0 Å². The fourth-order valence-corrected chi connectivity index (χ4v) is 4.46. The lowest BCUT2D eigenvalue weighted by Crippen LogP contribution is -2.53. The number of carbonyl (C=O) groups excluding carboxylic acids is 1. The van der Waals surface area contributed by atoms with Crippen LogP contribution in [0.5, 0.6) is 0 Å². The van der Waals surface area contributed by atoms with Gasteiger partial charge in [0.25, 0.3) is 6.43 Å². The van der Waals surface area contributed by atoms with Crippen LogP contribution in [0.4, 0.5) is 8.78 Å². The Balaban J connectivity index is 1.41. The molecule has 1 N–H and O–H groups in total. The van der Waals surface area contributed by atoms with Crippen molar-refractivity contribution in [3.63, 3.8) is 0 Å². The quantitative estimate of drug-likeness (QED) is 0.853. The van der Waals surface area contributed by atoms with E-state index in [1.807, 2.05) is 29.3 Å². The fraction of sp³-hybridized carbons (Fsp3) is 0.571. The minimum Gasteiger partial charge on any atom is -0.377 e. The fourth-order valence-electron chi connectivity index (χ4n) is 4.46. The Morgan fingerprint density at radius 3 is 2.79 bits per heavy atom. The van der Waals surface area contributed by atoms with Crippen LogP contribution in [0.1, 0.15) is 18.4 Å². The largest absolute Gasteiger partial charge is 0.377 e. The van der Waals surface area contributed by atoms with Gasteiger partial charge in [-0.1, -0.05) is 18.2 Å². The predicted octanol–water partition coefficient (Wildman–Crippen LogP) is 2.91. The molecule has 7 heteroatoms. The summed E-state index contributed by atoms with van der Waals surface area (Å²) in [6.45, 7) is 2.64. The number of nitrogens with one attached hydrogen (secondary N) is 1. The molecule has 4 rings (SSSR count). The first kappa shape index (κ1) is 19.3. The molecule has 2 aromatic rings. The van der Waals surface area contributed by atoms with Gasteiger partial charge in [0.05, 0.1) is 25.8 Å². The average Bonchev–Trinajstić information content (AvgIpc) is 3.11. The maximum absolute atomic E-state index is 13.2. The number of piperidine rings is 1. The summed E-state index contributed by atoms with van der Waals surface area (Å²) in [5.74, 6) is 0.0855. The highest BCUT2D eigenvalue weighted by molar-refractivity contribution is 5.83. The van der Waals surface area contributed by atoms with Gasteiger partial charge in [0.15, 0.2) is 0 Å². The molecule has 2 fully saturated rings. The van der Waals surface area contributed by atoms with Gasteiger partial charge in [0.1, 0.15) is 0 Å². The van der Waals surface area contributed by atoms with Crippen LogP contribution in [0.15, 0.2) is 30.5 Å². The number of hydrogen-bond acceptors (Lipinski definition) is 3. The van der Waals surface area contributed by atoms with Gasteiger partial charge in [-0.05, 0) is 44.0 Å². The van der Waals surface area contributed by atoms with Gasteiger partial charge in [-0.2, -0.15) is 0 Å². The molecule has 0 aliphatic carbocycles. The van der Waals surface area contributed by atoms with Gasteiger partial charge in [-0.25, -0.2) is 8.78 Å². The van der Waals surface area contributed by atoms with E-state index in [0.717, 1.165) is 11.9 Å². The molecule has 1 aromatic heterocycles. The van der Waals surface area contributed by atoms with Gasteiger partial charge in [0, 0.05) is 29.6 Å². The second kappa shape index (κ2) is 8.57. The van der Waals surface area contributed by atoms with Gasteiger partial charge in [-0.3, -0.25) is 9.69 Å². The second-order valence-corrected chi connectivity index (χ2v) is 7.79. The zero-order chi connectivity index (χ0) is 19.5. The standard InChI is InChI=1S/C21H27F2N3O2/c22-20(23)13-25-7-5-15(6-8-25)21(27)26-9-10-28-14-17(26)11-16-12-24-19-4-2-1-3-18(16)19/h1-4,12,15,17,20,24H,5-11,13-14H2. The lowest BCUT2D eigenvalue weighted by molar-refractivity contribution is -0.145. The number of aromatic amines is 1. The number of halogens is 2. The molecule has 2 aliphatic rings. The summed E-state index contributed by atoms with van der Waals surface area (Å²) in [7, 11) is 0. The summed E-state index contributed by atoms with van der Waals surface area (Å²) in [5, 5.41) is 1.18. The van der Waals surface area contributed by atoms with Crippen LogP contribution < -0.4 is 0 Å². The summed E-state index contributed by atoms with van der Waals surface area (Å²) in [6, 6.07) is 8.18. The van der Waals surface area contributed by atoms with Crippen molar-refractivity contribution >= 4 is 16.8 Å². The predicted molar refractivity (Wildman–Crippen MR) is 103 cm³/mol. The lowest BCUT2D eigenvalue weighted by atomic mass is 9.93. The van der Waals surface area contributed by atoms with Crippen molar-refractivity contribution in [2.24, 2.45) is 5.92 Å². The molecular formula is C21H27F2N3O2. The van der Waals surface area contributed by atoms with Crippen LogP contribution >= 0.6 is 0 Å². The number of hydrogen-bond donors (Lipinski definition) is 1. The molecule has 1 atom stereocenters. The van der Waals surface area contributed by atoms with Crippen molar-refractivity contribution < 1.29 is 18.3 Å². The van der Waals surface area contributed by atoms with Crippen molar-refractivity contribution in [3.05, 3.63) is 36.0 Å². The number of alkyl halides is 2. The Hall–Kier alpha value is -1.99. The van der Waals surface area contributed by atoms with Gasteiger partial charge < -0.3 is 14.6 Å². The summed E-state index contributed by atoms with van der Waals surface area (Å²) in [5.41, 5.74) is 2.29. The highest BCUT2D eigenvalue weighted by Gasteiger charge is 2.34. The summed E-state index contributed by atoms with van der Waals surface area (Å²) in [4.78, 5) is 20.2. The molecular weight excluding hydrogens is 364 g/mol. The SMILES string of the molecule is O=C(C1CCN(CC(F)F)CC1)N1CCOCC1Cc1c[nH]c2ccccc12. The zero-order valence-corrected chi connectivity index (χ0v) is 15.9. The molecule has 2 aliphatic heterocycles. The number of H-pyrrole nitrogens is 1. The third kappa shape index (κ3) is 4.20. The van der Waals surface area contributed by atoms with E-state index in [9.17, 15) is 13.6 Å². The third-order valence-electron chi connectivity index (χ3n) is 5.97. The monoisotopic (exact) mass is 391 g/mol. The van der Waals surface area contributed by atoms with E-state index in [2.05, 4.69) is 11.1 Å². The maximum atomic E-state index is 13.2. The van der Waals surface area contributed by atoms with Crippen LogP contribution in [0.2, 0.25) is 0 Å². The molecule has 2 saturated heterocycles. The van der Waals surface area contributed by atoms with Crippen molar-refractivity contribution in [3.8, 4) is 0 Å². The van der Waals surface area contributed by atoms with Gasteiger partial charge >= 0.3 is 0 Å². The highest BCUT2D eigenvalue weighted by atomic mass is 19.3. The highest BCUT2D eigenvalue weighted by Crippen LogP contribution is 2.25. The Morgan fingerprint density at radius 2 is 2.00 bits per heavy atom. The van der Waals surface area contributed by atoms with Gasteiger partial charge in [-0.15, -0.1) is 0 Å². The molecule has 0 bridgehead atoms. The van der Waals surface area contributed by atoms with Crippen molar-refractivity contribution in [2.75, 3.05) is 39.4 Å². The lowest BCUT2D eigenvalue weighted by Gasteiger charge is -2.40. The maximum Gasteiger partial charge on any atom is 0.251 e. The topological polar surface area (TPSA) is 48.6 Å². The number of fused-ring (bicyclic) bond motifs is 1. The summed E-state index contributed by atoms with van der Waals surface area (Å²) < 4.78 is 30.8. The minimum atomic E-state index is -2.31. The van der Waals surface area contributed by atoms with E-state index < -0.39 is 6.43 Å². The molecule has 5 nitrogen and oxygen atoms in total. The number of aromatic nitrogens is 1. The van der Waals surface area contributed by atoms with E-state index in [0.29, 0.717) is 45.7 Å². The van der Waals surface area contributed by atoms with Crippen molar-refractivity contribution in [2.45, 2.75) is 31.7 Å². The van der Waals surface area contributed by atoms with E-state index in [-0.39, 0.29) is 24.4 Å². The van der Waals surface area contributed by atoms with E-state index >= 15 is 0 Å². The van der Waals surface area contributed by atoms with Crippen LogP contribution in [-0.4, -0.2) is 72.6 Å². The number of amides is 1. The second-order valence-electron chi connectivity index (χ2n) is 7.79. The number of para-hydroxylation sites is 1. The molecule has 3 heterocycles. The Kier molecular flexibility index (Phi) is 5.92. The van der Waals surface area contributed by atoms with Crippen molar-refractivity contribution in [1.29, 1.82) is 0 Å². The van der Waals surface area contributed by atoms with E-state index in [1.165, 1.54) is 10.9 Å². The van der Waals surface area contributed by atoms with Crippen LogP contribution in [0.3, 0.4) is 0 Å². The normalized spacial score (nSPS) is 22.2. The smallest absolute Gasteiger partial charge is 0.251 e. The molecule has 1 unspecified atom stereocenters. The zero-order valence-electron chi connectivity index (χ0n) is 15.9. The average molecular weight is 391 g/mol. The number of morpholine rings is 1. The number of carbonyl (C=O) groups is 1. The number of ether oxygens (including phenoxy) is 1. The number of benzene rings is 1. The Morgan fingerprint density at radius 1 is 1.21 bits per heavy atom. The molecule has 0 spiro atoms. The first-order valence-electron chi connectivity index (χ1n) is 10.1. The van der Waals surface area contributed by atoms with Gasteiger partial charge in [0.2, 0.25) is 5.91 Å². The van der Waals surface area contributed by atoms with E-state index in [1.54, 1.807) is 4.90 Å². The summed E-state index contributed by atoms with van der Waals surface area (Å²) >= 11 is 0. The molecule has 0 saturated carbocycles. The molecule has 1 amide bonds. The number of nitrogens with zero attached hydrogens (tertiary/aromatic N) is 2. The summed E-state index contributed by atoms with van der Waals surface area (Å²) in [6.07, 6.45) is 1.77.